The summed E-state index contributed by atoms with van der Waals surface area (Å²) in [4.78, 5) is 32.0. The molecule has 1 N–H and O–H groups in total. The Morgan fingerprint density at radius 1 is 1.11 bits per heavy atom. The first-order valence-electron chi connectivity index (χ1n) is 13.4. The number of carbonyl (C=O) groups excluding carboxylic acids is 1. The van der Waals surface area contributed by atoms with E-state index < -0.39 is 0 Å². The number of carbonyl (C=O) groups is 1. The highest BCUT2D eigenvalue weighted by Gasteiger charge is 2.27. The third kappa shape index (κ3) is 9.16. The molecule has 6 rings (SSSR count). The number of nitrogens with zero attached hydrogens (tertiary/aromatic N) is 6. The second-order valence-electron chi connectivity index (χ2n) is 10.1. The van der Waals surface area contributed by atoms with E-state index in [-0.39, 0.29) is 54.9 Å². The average Bonchev–Trinajstić information content (AvgIpc) is 3.66. The van der Waals surface area contributed by atoms with Gasteiger partial charge in [-0.15, -0.1) is 48.6 Å². The Labute approximate surface area is 291 Å². The second-order valence-corrected chi connectivity index (χ2v) is 12.9. The van der Waals surface area contributed by atoms with Gasteiger partial charge in [0.1, 0.15) is 17.4 Å². The normalized spacial score (nSPS) is 13.1. The number of benzene rings is 1. The van der Waals surface area contributed by atoms with Gasteiger partial charge in [-0.3, -0.25) is 9.78 Å². The summed E-state index contributed by atoms with van der Waals surface area (Å²) in [5.41, 5.74) is 0.956. The lowest BCUT2D eigenvalue weighted by molar-refractivity contribution is -0.132. The van der Waals surface area contributed by atoms with Crippen molar-refractivity contribution in [3.63, 3.8) is 0 Å². The average molecular weight is 731 g/mol. The van der Waals surface area contributed by atoms with Crippen molar-refractivity contribution in [2.45, 2.75) is 28.6 Å². The van der Waals surface area contributed by atoms with Crippen molar-refractivity contribution in [1.29, 1.82) is 0 Å². The highest BCUT2D eigenvalue weighted by Crippen LogP contribution is 2.39. The maximum Gasteiger partial charge on any atom is 0.236 e. The van der Waals surface area contributed by atoms with Crippen molar-refractivity contribution >= 4 is 98.9 Å². The first-order valence-corrected chi connectivity index (χ1v) is 15.8. The predicted octanol–water partition coefficient (Wildman–Crippen LogP) is 7.90. The number of hydrogen-bond acceptors (Lipinski definition) is 11. The molecule has 0 unspecified atom stereocenters. The predicted molar refractivity (Wildman–Crippen MR) is 186 cm³/mol. The Balaban J connectivity index is 0.00000184. The molecule has 0 atom stereocenters. The molecule has 0 aliphatic carbocycles. The van der Waals surface area contributed by atoms with Crippen LogP contribution in [0.15, 0.2) is 70.0 Å². The quantitative estimate of drug-likeness (QED) is 0.162. The Morgan fingerprint density at radius 3 is 2.60 bits per heavy atom. The SMILES string of the molecule is CN(C)CC(=O)N1CCC(c2nsc(Nc3ncc(Sc4ccnc5ccsc45)cc3Oc3ccc(F)cc3)n2)CC1.Cl.Cl.Cl. The zero-order chi connectivity index (χ0) is 29.1. The van der Waals surface area contributed by atoms with Gasteiger partial charge >= 0.3 is 0 Å². The maximum absolute atomic E-state index is 13.5. The summed E-state index contributed by atoms with van der Waals surface area (Å²) in [6.45, 7) is 1.82. The Morgan fingerprint density at radius 2 is 1.87 bits per heavy atom. The lowest BCUT2D eigenvalue weighted by atomic mass is 9.96. The van der Waals surface area contributed by atoms with Crippen LogP contribution in [0.4, 0.5) is 15.3 Å². The van der Waals surface area contributed by atoms with Gasteiger partial charge in [-0.25, -0.2) is 14.4 Å². The molecule has 0 bridgehead atoms. The molecule has 240 valence electrons. The molecule has 4 aromatic heterocycles. The minimum Gasteiger partial charge on any atom is -0.453 e. The fourth-order valence-corrected chi connectivity index (χ4v) is 7.18. The number of nitrogens with one attached hydrogen (secondary N) is 1. The number of aromatic nitrogens is 4. The number of pyridine rings is 2. The molecule has 0 radical (unpaired) electrons. The lowest BCUT2D eigenvalue weighted by Gasteiger charge is -2.31. The first kappa shape index (κ1) is 36.7. The summed E-state index contributed by atoms with van der Waals surface area (Å²) in [6.07, 6.45) is 5.23. The summed E-state index contributed by atoms with van der Waals surface area (Å²) in [5, 5.41) is 5.90. The Bertz CT molecular complexity index is 1700. The molecule has 1 aromatic carbocycles. The number of rotatable bonds is 9. The van der Waals surface area contributed by atoms with Crippen molar-refractivity contribution in [3.8, 4) is 11.5 Å². The van der Waals surface area contributed by atoms with Gasteiger partial charge in [-0.05, 0) is 68.7 Å². The summed E-state index contributed by atoms with van der Waals surface area (Å²) in [6, 6.07) is 11.8. The molecule has 1 aliphatic heterocycles. The second kappa shape index (κ2) is 16.7. The summed E-state index contributed by atoms with van der Waals surface area (Å²) >= 11 is 4.49. The van der Waals surface area contributed by atoms with Gasteiger partial charge in [0.2, 0.25) is 11.0 Å². The van der Waals surface area contributed by atoms with Gasteiger partial charge in [0, 0.05) is 58.8 Å². The van der Waals surface area contributed by atoms with Crippen molar-refractivity contribution in [1.82, 2.24) is 29.1 Å². The fourth-order valence-electron chi connectivity index (χ4n) is 4.65. The largest absolute Gasteiger partial charge is 0.453 e. The maximum atomic E-state index is 13.5. The van der Waals surface area contributed by atoms with Crippen LogP contribution in [-0.2, 0) is 4.79 Å². The van der Waals surface area contributed by atoms with Gasteiger partial charge in [-0.2, -0.15) is 4.37 Å². The molecule has 45 heavy (non-hydrogen) atoms. The van der Waals surface area contributed by atoms with Crippen LogP contribution in [0.5, 0.6) is 11.5 Å². The zero-order valence-corrected chi connectivity index (χ0v) is 29.1. The van der Waals surface area contributed by atoms with E-state index in [0.29, 0.717) is 42.1 Å². The molecule has 1 amide bonds. The molecule has 0 saturated carbocycles. The van der Waals surface area contributed by atoms with Crippen molar-refractivity contribution in [2.24, 2.45) is 0 Å². The van der Waals surface area contributed by atoms with Crippen LogP contribution < -0.4 is 10.1 Å². The minimum atomic E-state index is -0.338. The van der Waals surface area contributed by atoms with Crippen molar-refractivity contribution in [2.75, 3.05) is 39.0 Å². The number of likely N-dealkylation sites (N-methyl/N-ethyl adjacent to an activating group) is 1. The lowest BCUT2D eigenvalue weighted by Crippen LogP contribution is -2.42. The van der Waals surface area contributed by atoms with Crippen LogP contribution in [0, 0.1) is 5.82 Å². The van der Waals surface area contributed by atoms with E-state index in [1.165, 1.54) is 23.7 Å². The van der Waals surface area contributed by atoms with Crippen LogP contribution in [-0.4, -0.2) is 68.8 Å². The van der Waals surface area contributed by atoms with Gasteiger partial charge < -0.3 is 19.9 Å². The fraction of sp³-hybridized carbons (Fsp3) is 0.276. The molecular weight excluding hydrogens is 700 g/mol. The van der Waals surface area contributed by atoms with Crippen molar-refractivity contribution < 1.29 is 13.9 Å². The van der Waals surface area contributed by atoms with E-state index in [1.807, 2.05) is 47.5 Å². The van der Waals surface area contributed by atoms with E-state index >= 15 is 0 Å². The topological polar surface area (TPSA) is 96.4 Å². The zero-order valence-electron chi connectivity index (χ0n) is 24.2. The van der Waals surface area contributed by atoms with E-state index in [1.54, 1.807) is 47.6 Å². The number of likely N-dealkylation sites (tertiary alicyclic amines) is 1. The highest BCUT2D eigenvalue weighted by molar-refractivity contribution is 7.99. The molecular formula is C29H31Cl3FN7O2S3. The first-order chi connectivity index (χ1) is 20.4. The summed E-state index contributed by atoms with van der Waals surface area (Å²) in [5.74, 6) is 2.22. The standard InChI is InChI=1S/C29H28FN7O2S3.3ClH/c1-36(2)17-25(38)37-12-8-18(9-13-37)27-33-29(42-35-27)34-28-23(39-20-5-3-19(30)4-6-20)15-21(16-32-28)41-24-7-11-31-22-10-14-40-26(22)24;;;/h3-7,10-11,14-16,18H,8-9,12-13,17H2,1-2H3,(H,32,33,34,35);3*1H. The van der Waals surface area contributed by atoms with Gasteiger partial charge in [0.25, 0.3) is 0 Å². The van der Waals surface area contributed by atoms with Gasteiger partial charge in [0.15, 0.2) is 11.6 Å². The number of anilines is 2. The third-order valence-electron chi connectivity index (χ3n) is 6.74. The third-order valence-corrected chi connectivity index (χ3v) is 9.47. The number of piperidine rings is 1. The number of fused-ring (bicyclic) bond motifs is 1. The van der Waals surface area contributed by atoms with Crippen LogP contribution >= 0.6 is 71.9 Å². The number of hydrogen-bond donors (Lipinski definition) is 1. The van der Waals surface area contributed by atoms with E-state index in [9.17, 15) is 9.18 Å². The molecule has 1 aliphatic rings. The highest BCUT2D eigenvalue weighted by atomic mass is 35.5. The minimum absolute atomic E-state index is 0. The summed E-state index contributed by atoms with van der Waals surface area (Å²) < 4.78 is 25.4. The van der Waals surface area contributed by atoms with Gasteiger partial charge in [0.05, 0.1) is 16.8 Å². The van der Waals surface area contributed by atoms with E-state index in [2.05, 4.69) is 19.7 Å². The van der Waals surface area contributed by atoms with Crippen LogP contribution in [0.3, 0.4) is 0 Å². The Hall–Kier alpha value is -2.78. The molecule has 1 saturated heterocycles. The number of ether oxygens (including phenoxy) is 1. The number of amides is 1. The van der Waals surface area contributed by atoms with Crippen LogP contribution in [0.25, 0.3) is 10.2 Å². The van der Waals surface area contributed by atoms with Crippen LogP contribution in [0.2, 0.25) is 0 Å². The number of halogens is 4. The summed E-state index contributed by atoms with van der Waals surface area (Å²) in [7, 11) is 3.80. The van der Waals surface area contributed by atoms with Crippen molar-refractivity contribution in [3.05, 3.63) is 71.9 Å². The Kier molecular flexibility index (Phi) is 13.6. The molecule has 5 aromatic rings. The molecule has 9 nitrogen and oxygen atoms in total. The van der Waals surface area contributed by atoms with Gasteiger partial charge in [-0.1, -0.05) is 11.8 Å². The molecule has 0 spiro atoms. The molecule has 5 heterocycles. The monoisotopic (exact) mass is 729 g/mol. The molecule has 1 fully saturated rings. The van der Waals surface area contributed by atoms with Crippen LogP contribution in [0.1, 0.15) is 24.6 Å². The van der Waals surface area contributed by atoms with E-state index in [0.717, 1.165) is 38.7 Å². The number of thiophene rings is 1. The molecule has 16 heteroatoms. The van der Waals surface area contributed by atoms with E-state index in [4.69, 9.17) is 9.72 Å². The smallest absolute Gasteiger partial charge is 0.236 e.